The summed E-state index contributed by atoms with van der Waals surface area (Å²) in [4.78, 5) is 27.0. The Morgan fingerprint density at radius 2 is 1.50 bits per heavy atom. The van der Waals surface area contributed by atoms with Crippen LogP contribution in [0.4, 0.5) is 0 Å². The van der Waals surface area contributed by atoms with Gasteiger partial charge < -0.3 is 24.3 Å². The fraction of sp³-hybridized carbons (Fsp3) is 0.216. The molecule has 1 N–H and O–H groups in total. The lowest BCUT2D eigenvalue weighted by Gasteiger charge is -2.22. The van der Waals surface area contributed by atoms with Gasteiger partial charge in [-0.15, -0.1) is 10.2 Å². The van der Waals surface area contributed by atoms with E-state index in [4.69, 9.17) is 24.0 Å². The van der Waals surface area contributed by atoms with Crippen molar-refractivity contribution in [2.24, 2.45) is 5.10 Å². The Labute approximate surface area is 294 Å². The second kappa shape index (κ2) is 15.6. The summed E-state index contributed by atoms with van der Waals surface area (Å²) in [6.07, 6.45) is 0.531. The summed E-state index contributed by atoms with van der Waals surface area (Å²) in [7, 11) is 6.36. The molecule has 2 amide bonds. The Kier molecular flexibility index (Phi) is 10.6. The molecule has 2 heterocycles. The van der Waals surface area contributed by atoms with E-state index < -0.39 is 0 Å². The van der Waals surface area contributed by atoms with E-state index in [2.05, 4.69) is 15.5 Å². The maximum absolute atomic E-state index is 14.0. The number of rotatable bonds is 13. The van der Waals surface area contributed by atoms with Crippen LogP contribution in [-0.4, -0.2) is 71.5 Å². The van der Waals surface area contributed by atoms with E-state index in [1.807, 2.05) is 72.8 Å². The number of hydrogen-bond acceptors (Lipinski definition) is 10. The molecule has 13 heteroatoms. The Morgan fingerprint density at radius 1 is 0.800 bits per heavy atom. The molecule has 6 rings (SSSR count). The van der Waals surface area contributed by atoms with Crippen LogP contribution in [0.1, 0.15) is 39.8 Å². The van der Waals surface area contributed by atoms with Gasteiger partial charge in [0, 0.05) is 12.0 Å². The van der Waals surface area contributed by atoms with Gasteiger partial charge in [-0.3, -0.25) is 14.2 Å². The molecule has 1 atom stereocenters. The third-order valence-electron chi connectivity index (χ3n) is 8.18. The van der Waals surface area contributed by atoms with Crippen molar-refractivity contribution in [3.8, 4) is 28.7 Å². The van der Waals surface area contributed by atoms with Gasteiger partial charge in [0.2, 0.25) is 0 Å². The van der Waals surface area contributed by atoms with Crippen LogP contribution in [0.15, 0.2) is 107 Å². The summed E-state index contributed by atoms with van der Waals surface area (Å²) < 4.78 is 23.4. The summed E-state index contributed by atoms with van der Waals surface area (Å²) in [5.41, 5.74) is 3.74. The smallest absolute Gasteiger partial charge is 0.253 e. The molecule has 0 saturated carbocycles. The molecule has 1 aliphatic heterocycles. The number of carbonyl (C=O) groups excluding carboxylic acids is 2. The molecule has 1 aromatic heterocycles. The van der Waals surface area contributed by atoms with Crippen LogP contribution in [-0.2, 0) is 11.3 Å². The number of ether oxygens (including phenoxy) is 4. The average Bonchev–Trinajstić information content (AvgIpc) is 3.81. The number of nitrogens with zero attached hydrogens (tertiary/aromatic N) is 5. The predicted octanol–water partition coefficient (Wildman–Crippen LogP) is 5.70. The van der Waals surface area contributed by atoms with Gasteiger partial charge in [-0.2, -0.15) is 5.10 Å². The predicted molar refractivity (Wildman–Crippen MR) is 190 cm³/mol. The number of hydrogen-bond donors (Lipinski definition) is 1. The third-order valence-corrected chi connectivity index (χ3v) is 9.09. The van der Waals surface area contributed by atoms with Crippen molar-refractivity contribution >= 4 is 29.3 Å². The minimum Gasteiger partial charge on any atom is -0.497 e. The molecule has 0 saturated heterocycles. The largest absolute Gasteiger partial charge is 0.497 e. The zero-order chi connectivity index (χ0) is 35.0. The maximum Gasteiger partial charge on any atom is 0.253 e. The number of methoxy groups -OCH3 is 4. The SMILES string of the molecule is COc1ccc(C2=NN(C(=O)CSc3nnc(CNC(=O)c4cccc(OC)c4)n3-c3ccccc3OC)[C@H](c3ccc(OC)cc3)C2)cc1. The fourth-order valence-electron chi connectivity index (χ4n) is 5.57. The summed E-state index contributed by atoms with van der Waals surface area (Å²) in [5, 5.41) is 18.6. The van der Waals surface area contributed by atoms with Crippen LogP contribution >= 0.6 is 11.8 Å². The molecule has 12 nitrogen and oxygen atoms in total. The molecule has 5 aromatic rings. The highest BCUT2D eigenvalue weighted by atomic mass is 32.2. The number of thioether (sulfide) groups is 1. The average molecular weight is 693 g/mol. The molecular weight excluding hydrogens is 657 g/mol. The minimum atomic E-state index is -0.319. The maximum atomic E-state index is 14.0. The number of benzene rings is 4. The van der Waals surface area contributed by atoms with Crippen LogP contribution in [0.25, 0.3) is 5.69 Å². The van der Waals surface area contributed by atoms with Crippen molar-refractivity contribution in [3.05, 3.63) is 120 Å². The standard InChI is InChI=1S/C37H36N6O6S/c1-46-27-16-12-24(13-17-27)30-21-32(25-14-18-28(47-2)19-15-25)43(41-30)35(44)23-50-37-40-39-34(42(37)31-10-5-6-11-33(31)49-4)22-38-36(45)26-8-7-9-29(20-26)48-3/h5-20,32H,21-23H2,1-4H3,(H,38,45)/t32-/m0/s1. The molecule has 4 aromatic carbocycles. The van der Waals surface area contributed by atoms with Gasteiger partial charge in [0.1, 0.15) is 23.0 Å². The van der Waals surface area contributed by atoms with E-state index in [1.165, 1.54) is 11.8 Å². The van der Waals surface area contributed by atoms with E-state index >= 15 is 0 Å². The summed E-state index contributed by atoms with van der Waals surface area (Å²) >= 11 is 1.23. The van der Waals surface area contributed by atoms with E-state index in [9.17, 15) is 9.59 Å². The monoisotopic (exact) mass is 692 g/mol. The van der Waals surface area contributed by atoms with Gasteiger partial charge in [0.05, 0.1) is 58.2 Å². The lowest BCUT2D eigenvalue weighted by Crippen LogP contribution is -2.28. The Hall–Kier alpha value is -5.82. The second-order valence-electron chi connectivity index (χ2n) is 11.1. The van der Waals surface area contributed by atoms with Crippen molar-refractivity contribution < 1.29 is 28.5 Å². The molecule has 1 aliphatic rings. The van der Waals surface area contributed by atoms with Gasteiger partial charge >= 0.3 is 0 Å². The molecule has 0 aliphatic carbocycles. The number of hydrazone groups is 1. The Morgan fingerprint density at radius 3 is 2.20 bits per heavy atom. The molecule has 256 valence electrons. The van der Waals surface area contributed by atoms with Crippen molar-refractivity contribution in [3.63, 3.8) is 0 Å². The fourth-order valence-corrected chi connectivity index (χ4v) is 6.38. The number of para-hydroxylation sites is 2. The summed E-state index contributed by atoms with van der Waals surface area (Å²) in [5.74, 6) is 2.59. The third kappa shape index (κ3) is 7.42. The van der Waals surface area contributed by atoms with Crippen LogP contribution in [0.2, 0.25) is 0 Å². The number of nitrogens with one attached hydrogen (secondary N) is 1. The van der Waals surface area contributed by atoms with Gasteiger partial charge in [0.25, 0.3) is 11.8 Å². The zero-order valence-electron chi connectivity index (χ0n) is 28.0. The zero-order valence-corrected chi connectivity index (χ0v) is 28.8. The normalized spacial score (nSPS) is 13.8. The highest BCUT2D eigenvalue weighted by Crippen LogP contribution is 2.35. The van der Waals surface area contributed by atoms with E-state index in [-0.39, 0.29) is 30.2 Å². The lowest BCUT2D eigenvalue weighted by molar-refractivity contribution is -0.130. The van der Waals surface area contributed by atoms with Crippen molar-refractivity contribution in [1.82, 2.24) is 25.1 Å². The van der Waals surface area contributed by atoms with Gasteiger partial charge in [-0.25, -0.2) is 5.01 Å². The minimum absolute atomic E-state index is 0.0233. The van der Waals surface area contributed by atoms with Crippen LogP contribution in [0.5, 0.6) is 23.0 Å². The lowest BCUT2D eigenvalue weighted by atomic mass is 9.98. The van der Waals surface area contributed by atoms with Crippen molar-refractivity contribution in [2.75, 3.05) is 34.2 Å². The van der Waals surface area contributed by atoms with Gasteiger partial charge in [-0.1, -0.05) is 42.1 Å². The van der Waals surface area contributed by atoms with Crippen molar-refractivity contribution in [1.29, 1.82) is 0 Å². The molecule has 0 fully saturated rings. The van der Waals surface area contributed by atoms with Crippen LogP contribution in [0.3, 0.4) is 0 Å². The van der Waals surface area contributed by atoms with Crippen molar-refractivity contribution in [2.45, 2.75) is 24.2 Å². The molecule has 0 unspecified atom stereocenters. The first-order valence-corrected chi connectivity index (χ1v) is 16.7. The van der Waals surface area contributed by atoms with Crippen LogP contribution < -0.4 is 24.3 Å². The van der Waals surface area contributed by atoms with E-state index in [0.29, 0.717) is 40.2 Å². The number of carbonyl (C=O) groups is 2. The summed E-state index contributed by atoms with van der Waals surface area (Å²) in [6.45, 7) is 0.0663. The molecule has 0 radical (unpaired) electrons. The van der Waals surface area contributed by atoms with Gasteiger partial charge in [0.15, 0.2) is 11.0 Å². The Balaban J connectivity index is 1.26. The number of amides is 2. The first-order chi connectivity index (χ1) is 24.4. The molecule has 50 heavy (non-hydrogen) atoms. The first-order valence-electron chi connectivity index (χ1n) is 15.7. The summed E-state index contributed by atoms with van der Waals surface area (Å²) in [6, 6.07) is 29.3. The molecule has 0 spiro atoms. The Bertz CT molecular complexity index is 2000. The van der Waals surface area contributed by atoms with Gasteiger partial charge in [-0.05, 0) is 77.9 Å². The van der Waals surface area contributed by atoms with Crippen LogP contribution in [0, 0.1) is 0 Å². The molecular formula is C37H36N6O6S. The first kappa shape index (κ1) is 34.1. The topological polar surface area (TPSA) is 129 Å². The van der Waals surface area contributed by atoms with E-state index in [0.717, 1.165) is 28.3 Å². The quantitative estimate of drug-likeness (QED) is 0.155. The molecule has 0 bridgehead atoms. The highest BCUT2D eigenvalue weighted by molar-refractivity contribution is 7.99. The van der Waals surface area contributed by atoms with E-state index in [1.54, 1.807) is 62.3 Å². The number of aromatic nitrogens is 3. The highest BCUT2D eigenvalue weighted by Gasteiger charge is 2.33. The second-order valence-corrected chi connectivity index (χ2v) is 12.1.